The molecule has 0 radical (unpaired) electrons. The number of carbonyl (C=O) groups excluding carboxylic acids is 1. The van der Waals surface area contributed by atoms with Crippen LogP contribution in [0, 0.1) is 5.92 Å². The second-order valence-corrected chi connectivity index (χ2v) is 7.01. The van der Waals surface area contributed by atoms with Crippen molar-refractivity contribution in [3.8, 4) is 5.75 Å². The van der Waals surface area contributed by atoms with Gasteiger partial charge in [-0.1, -0.05) is 15.9 Å². The van der Waals surface area contributed by atoms with Crippen molar-refractivity contribution in [3.05, 3.63) is 28.2 Å². The molecule has 0 aromatic heterocycles. The largest absolute Gasteiger partial charge is 0.497 e. The van der Waals surface area contributed by atoms with E-state index in [1.165, 1.54) is 24.3 Å². The highest BCUT2D eigenvalue weighted by Crippen LogP contribution is 2.27. The first-order valence-electron chi connectivity index (χ1n) is 6.61. The first-order valence-corrected chi connectivity index (χ1v) is 8.55. The monoisotopic (exact) mass is 342 g/mol. The number of ether oxygens (including phenoxy) is 1. The van der Waals surface area contributed by atoms with E-state index in [2.05, 4.69) is 15.9 Å². The highest BCUT2D eigenvalue weighted by molar-refractivity contribution is 9.10. The van der Waals surface area contributed by atoms with Crippen LogP contribution in [0.1, 0.15) is 24.8 Å². The van der Waals surface area contributed by atoms with Gasteiger partial charge in [-0.05, 0) is 54.0 Å². The van der Waals surface area contributed by atoms with Crippen LogP contribution >= 0.6 is 27.7 Å². The lowest BCUT2D eigenvalue weighted by molar-refractivity contribution is -0.119. The van der Waals surface area contributed by atoms with Crippen molar-refractivity contribution in [1.82, 2.24) is 0 Å². The second-order valence-electron chi connectivity index (χ2n) is 4.93. The van der Waals surface area contributed by atoms with E-state index in [-0.39, 0.29) is 0 Å². The molecule has 1 heterocycles. The van der Waals surface area contributed by atoms with Crippen LogP contribution in [-0.2, 0) is 11.2 Å². The third-order valence-electron chi connectivity index (χ3n) is 3.50. The number of ketones is 1. The average Bonchev–Trinajstić information content (AvgIpc) is 2.42. The van der Waals surface area contributed by atoms with Crippen LogP contribution in [-0.4, -0.2) is 24.4 Å². The normalized spacial score (nSPS) is 16.3. The predicted octanol–water partition coefficient (Wildman–Crippen LogP) is 4.10. The highest BCUT2D eigenvalue weighted by Gasteiger charge is 2.18. The smallest absolute Gasteiger partial charge is 0.137 e. The maximum atomic E-state index is 12.2. The van der Waals surface area contributed by atoms with Crippen LogP contribution in [0.15, 0.2) is 22.7 Å². The molecule has 2 nitrogen and oxygen atoms in total. The molecule has 0 aliphatic carbocycles. The minimum Gasteiger partial charge on any atom is -0.497 e. The first kappa shape index (κ1) is 14.9. The third kappa shape index (κ3) is 4.53. The molecule has 1 aliphatic rings. The van der Waals surface area contributed by atoms with E-state index in [1.807, 2.05) is 30.0 Å². The van der Waals surface area contributed by atoms with Gasteiger partial charge in [0.25, 0.3) is 0 Å². The lowest BCUT2D eigenvalue weighted by atomic mass is 9.94. The molecule has 1 aliphatic heterocycles. The number of methoxy groups -OCH3 is 1. The number of rotatable bonds is 5. The molecule has 1 aromatic rings. The predicted molar refractivity (Wildman–Crippen MR) is 84.1 cm³/mol. The topological polar surface area (TPSA) is 26.3 Å². The van der Waals surface area contributed by atoms with Gasteiger partial charge in [0.1, 0.15) is 11.5 Å². The highest BCUT2D eigenvalue weighted by atomic mass is 79.9. The summed E-state index contributed by atoms with van der Waals surface area (Å²) in [5.74, 6) is 4.16. The van der Waals surface area contributed by atoms with Crippen molar-refractivity contribution in [3.63, 3.8) is 0 Å². The molecule has 0 N–H and O–H groups in total. The Hall–Kier alpha value is -0.480. The van der Waals surface area contributed by atoms with E-state index in [0.29, 0.717) is 18.1 Å². The second kappa shape index (κ2) is 7.34. The van der Waals surface area contributed by atoms with Crippen molar-refractivity contribution in [2.24, 2.45) is 5.92 Å². The van der Waals surface area contributed by atoms with Gasteiger partial charge in [-0.25, -0.2) is 0 Å². The Morgan fingerprint density at radius 3 is 2.84 bits per heavy atom. The third-order valence-corrected chi connectivity index (χ3v) is 5.32. The maximum absolute atomic E-state index is 12.2. The number of hydrogen-bond acceptors (Lipinski definition) is 3. The summed E-state index contributed by atoms with van der Waals surface area (Å²) >= 11 is 5.50. The summed E-state index contributed by atoms with van der Waals surface area (Å²) in [5, 5.41) is 0. The molecule has 1 saturated heterocycles. The molecule has 104 valence electrons. The minimum atomic E-state index is 0.339. The Morgan fingerprint density at radius 1 is 1.42 bits per heavy atom. The van der Waals surface area contributed by atoms with Crippen LogP contribution in [0.2, 0.25) is 0 Å². The lowest BCUT2D eigenvalue weighted by Gasteiger charge is -2.20. The van der Waals surface area contributed by atoms with Crippen molar-refractivity contribution in [1.29, 1.82) is 0 Å². The molecule has 2 rings (SSSR count). The van der Waals surface area contributed by atoms with Gasteiger partial charge in [-0.2, -0.15) is 11.8 Å². The zero-order chi connectivity index (χ0) is 13.7. The van der Waals surface area contributed by atoms with Gasteiger partial charge in [0.2, 0.25) is 0 Å². The standard InChI is InChI=1S/C15H19BrO2S/c1-18-14-2-3-15(16)12(10-14)9-13(17)8-11-4-6-19-7-5-11/h2-3,10-11H,4-9H2,1H3. The first-order chi connectivity index (χ1) is 9.19. The van der Waals surface area contributed by atoms with E-state index in [4.69, 9.17) is 4.74 Å². The van der Waals surface area contributed by atoms with Crippen molar-refractivity contribution >= 4 is 33.5 Å². The van der Waals surface area contributed by atoms with Gasteiger partial charge in [-0.3, -0.25) is 4.79 Å². The molecule has 0 amide bonds. The fraction of sp³-hybridized carbons (Fsp3) is 0.533. The van der Waals surface area contributed by atoms with E-state index in [0.717, 1.165) is 22.2 Å². The number of carbonyl (C=O) groups is 1. The Balaban J connectivity index is 1.94. The molecular formula is C15H19BrO2S. The molecule has 0 unspecified atom stereocenters. The summed E-state index contributed by atoms with van der Waals surface area (Å²) in [5.41, 5.74) is 1.02. The fourth-order valence-corrected chi connectivity index (χ4v) is 3.96. The Bertz CT molecular complexity index is 442. The summed E-state index contributed by atoms with van der Waals surface area (Å²) in [6.45, 7) is 0. The molecule has 0 saturated carbocycles. The molecule has 4 heteroatoms. The molecule has 19 heavy (non-hydrogen) atoms. The van der Waals surface area contributed by atoms with Crippen LogP contribution in [0.5, 0.6) is 5.75 Å². The van der Waals surface area contributed by atoms with Gasteiger partial charge in [0.15, 0.2) is 0 Å². The minimum absolute atomic E-state index is 0.339. The fourth-order valence-electron chi connectivity index (χ4n) is 2.37. The quantitative estimate of drug-likeness (QED) is 0.805. The van der Waals surface area contributed by atoms with E-state index >= 15 is 0 Å². The number of hydrogen-bond donors (Lipinski definition) is 0. The van der Waals surface area contributed by atoms with Gasteiger partial charge < -0.3 is 4.74 Å². The summed E-state index contributed by atoms with van der Waals surface area (Å²) in [7, 11) is 1.65. The molecule has 1 aromatic carbocycles. The number of Topliss-reactive ketones (excluding diaryl/α,β-unsaturated/α-hetero) is 1. The van der Waals surface area contributed by atoms with E-state index in [1.54, 1.807) is 7.11 Å². The summed E-state index contributed by atoms with van der Waals surface area (Å²) in [6.07, 6.45) is 3.61. The SMILES string of the molecule is COc1ccc(Br)c(CC(=O)CC2CCSCC2)c1. The Kier molecular flexibility index (Phi) is 5.76. The van der Waals surface area contributed by atoms with Gasteiger partial charge >= 0.3 is 0 Å². The molecule has 0 bridgehead atoms. The van der Waals surface area contributed by atoms with Gasteiger partial charge in [-0.15, -0.1) is 0 Å². The summed E-state index contributed by atoms with van der Waals surface area (Å²) < 4.78 is 6.19. The molecule has 0 spiro atoms. The Labute approximate surface area is 127 Å². The van der Waals surface area contributed by atoms with Crippen molar-refractivity contribution in [2.45, 2.75) is 25.7 Å². The average molecular weight is 343 g/mol. The number of halogens is 1. The van der Waals surface area contributed by atoms with Gasteiger partial charge in [0.05, 0.1) is 7.11 Å². The number of benzene rings is 1. The van der Waals surface area contributed by atoms with Crippen LogP contribution in [0.25, 0.3) is 0 Å². The van der Waals surface area contributed by atoms with Gasteiger partial charge in [0, 0.05) is 17.3 Å². The van der Waals surface area contributed by atoms with Crippen LogP contribution in [0.3, 0.4) is 0 Å². The lowest BCUT2D eigenvalue weighted by Crippen LogP contribution is -2.15. The summed E-state index contributed by atoms with van der Waals surface area (Å²) in [4.78, 5) is 12.2. The van der Waals surface area contributed by atoms with Crippen LogP contribution in [0.4, 0.5) is 0 Å². The van der Waals surface area contributed by atoms with E-state index < -0.39 is 0 Å². The van der Waals surface area contributed by atoms with Crippen molar-refractivity contribution < 1.29 is 9.53 Å². The molecule has 0 atom stereocenters. The van der Waals surface area contributed by atoms with Crippen molar-refractivity contribution in [2.75, 3.05) is 18.6 Å². The zero-order valence-corrected chi connectivity index (χ0v) is 13.6. The van der Waals surface area contributed by atoms with E-state index in [9.17, 15) is 4.79 Å². The van der Waals surface area contributed by atoms with Crippen LogP contribution < -0.4 is 4.74 Å². The zero-order valence-electron chi connectivity index (χ0n) is 11.2. The molecule has 1 fully saturated rings. The molecular weight excluding hydrogens is 324 g/mol. The Morgan fingerprint density at radius 2 is 2.16 bits per heavy atom. The number of thioether (sulfide) groups is 1. The maximum Gasteiger partial charge on any atom is 0.137 e. The summed E-state index contributed by atoms with van der Waals surface area (Å²) in [6, 6.07) is 5.79.